The van der Waals surface area contributed by atoms with Crippen LogP contribution in [0.5, 0.6) is 6.01 Å². The van der Waals surface area contributed by atoms with Crippen molar-refractivity contribution in [2.75, 3.05) is 6.61 Å². The largest absolute Gasteiger partial charge is 0.463 e. The number of hydrogen-bond donors (Lipinski definition) is 1. The van der Waals surface area contributed by atoms with E-state index in [2.05, 4.69) is 15.3 Å². The van der Waals surface area contributed by atoms with Crippen molar-refractivity contribution in [3.05, 3.63) is 17.5 Å². The first kappa shape index (κ1) is 12.9. The number of aryl methyl sites for hydroxylation is 1. The first-order chi connectivity index (χ1) is 9.31. The third kappa shape index (κ3) is 3.66. The summed E-state index contributed by atoms with van der Waals surface area (Å²) in [6.07, 6.45) is 9.79. The molecule has 3 rings (SSSR count). The molecule has 0 aliphatic heterocycles. The summed E-state index contributed by atoms with van der Waals surface area (Å²) in [4.78, 5) is 8.74. The molecule has 0 amide bonds. The molecule has 1 aromatic heterocycles. The minimum absolute atomic E-state index is 0.534. The fraction of sp³-hybridized carbons (Fsp3) is 0.733. The highest BCUT2D eigenvalue weighted by Crippen LogP contribution is 2.29. The fourth-order valence-corrected chi connectivity index (χ4v) is 2.35. The van der Waals surface area contributed by atoms with Crippen molar-refractivity contribution in [2.24, 2.45) is 5.92 Å². The van der Waals surface area contributed by atoms with Crippen LogP contribution in [0.3, 0.4) is 0 Å². The number of hydrogen-bond acceptors (Lipinski definition) is 4. The van der Waals surface area contributed by atoms with Gasteiger partial charge in [0.05, 0.1) is 6.61 Å². The van der Waals surface area contributed by atoms with Gasteiger partial charge in [0, 0.05) is 30.0 Å². The lowest BCUT2D eigenvalue weighted by atomic mass is 9.83. The van der Waals surface area contributed by atoms with Gasteiger partial charge in [0.15, 0.2) is 0 Å². The zero-order valence-corrected chi connectivity index (χ0v) is 11.7. The molecule has 0 saturated heterocycles. The Balaban J connectivity index is 1.46. The summed E-state index contributed by atoms with van der Waals surface area (Å²) in [5, 5.41) is 3.49. The van der Waals surface area contributed by atoms with Gasteiger partial charge in [0.2, 0.25) is 0 Å². The maximum Gasteiger partial charge on any atom is 0.316 e. The number of rotatable bonds is 7. The maximum absolute atomic E-state index is 5.64. The Morgan fingerprint density at radius 3 is 2.79 bits per heavy atom. The lowest BCUT2D eigenvalue weighted by molar-refractivity contribution is 0.211. The van der Waals surface area contributed by atoms with Crippen LogP contribution < -0.4 is 10.1 Å². The Morgan fingerprint density at radius 2 is 2.16 bits per heavy atom. The highest BCUT2D eigenvalue weighted by atomic mass is 16.5. The second kappa shape index (κ2) is 5.87. The first-order valence-corrected chi connectivity index (χ1v) is 7.50. The standard InChI is InChI=1S/C15H23N3O/c1-11-13(9-16-14-5-6-14)10-17-15(18-11)19-8-7-12-3-2-4-12/h10,12,14,16H,2-9H2,1H3. The van der Waals surface area contributed by atoms with Crippen LogP contribution in [-0.2, 0) is 6.54 Å². The van der Waals surface area contributed by atoms with Crippen molar-refractivity contribution < 1.29 is 4.74 Å². The predicted octanol–water partition coefficient (Wildman–Crippen LogP) is 2.61. The molecule has 0 radical (unpaired) electrons. The molecule has 4 nitrogen and oxygen atoms in total. The van der Waals surface area contributed by atoms with Gasteiger partial charge in [-0.3, -0.25) is 0 Å². The van der Waals surface area contributed by atoms with Gasteiger partial charge in [-0.1, -0.05) is 19.3 Å². The van der Waals surface area contributed by atoms with Crippen LogP contribution in [-0.4, -0.2) is 22.6 Å². The fourth-order valence-electron chi connectivity index (χ4n) is 2.35. The monoisotopic (exact) mass is 261 g/mol. The molecular formula is C15H23N3O. The van der Waals surface area contributed by atoms with Gasteiger partial charge in [-0.2, -0.15) is 0 Å². The van der Waals surface area contributed by atoms with E-state index < -0.39 is 0 Å². The number of nitrogens with one attached hydrogen (secondary N) is 1. The Hall–Kier alpha value is -1.16. The minimum Gasteiger partial charge on any atom is -0.463 e. The van der Waals surface area contributed by atoms with E-state index in [1.165, 1.54) is 37.7 Å². The summed E-state index contributed by atoms with van der Waals surface area (Å²) in [6.45, 7) is 3.66. The molecule has 19 heavy (non-hydrogen) atoms. The number of nitrogens with zero attached hydrogens (tertiary/aromatic N) is 2. The molecule has 0 atom stereocenters. The lowest BCUT2D eigenvalue weighted by Crippen LogP contribution is -2.17. The Morgan fingerprint density at radius 1 is 1.32 bits per heavy atom. The molecular weight excluding hydrogens is 238 g/mol. The summed E-state index contributed by atoms with van der Waals surface area (Å²) >= 11 is 0. The summed E-state index contributed by atoms with van der Waals surface area (Å²) in [5.74, 6) is 0.878. The third-order valence-corrected chi connectivity index (χ3v) is 4.20. The van der Waals surface area contributed by atoms with Crippen molar-refractivity contribution in [1.82, 2.24) is 15.3 Å². The second-order valence-electron chi connectivity index (χ2n) is 5.85. The summed E-state index contributed by atoms with van der Waals surface area (Å²) in [6, 6.07) is 1.25. The predicted molar refractivity (Wildman–Crippen MR) is 74.1 cm³/mol. The van der Waals surface area contributed by atoms with Crippen LogP contribution >= 0.6 is 0 Å². The normalized spacial score (nSPS) is 19.2. The maximum atomic E-state index is 5.64. The van der Waals surface area contributed by atoms with E-state index in [0.717, 1.165) is 37.2 Å². The molecule has 104 valence electrons. The summed E-state index contributed by atoms with van der Waals surface area (Å²) in [7, 11) is 0. The van der Waals surface area contributed by atoms with Gasteiger partial charge in [-0.25, -0.2) is 9.97 Å². The van der Waals surface area contributed by atoms with E-state index in [-0.39, 0.29) is 0 Å². The molecule has 0 aromatic carbocycles. The van der Waals surface area contributed by atoms with Crippen LogP contribution in [0, 0.1) is 12.8 Å². The average molecular weight is 261 g/mol. The van der Waals surface area contributed by atoms with Crippen molar-refractivity contribution in [3.63, 3.8) is 0 Å². The van der Waals surface area contributed by atoms with Gasteiger partial charge in [-0.05, 0) is 32.1 Å². The van der Waals surface area contributed by atoms with Crippen molar-refractivity contribution in [1.29, 1.82) is 0 Å². The molecule has 0 bridgehead atoms. The van der Waals surface area contributed by atoms with Crippen LogP contribution in [0.4, 0.5) is 0 Å². The van der Waals surface area contributed by atoms with Crippen molar-refractivity contribution in [3.8, 4) is 6.01 Å². The smallest absolute Gasteiger partial charge is 0.316 e. The molecule has 1 aromatic rings. The summed E-state index contributed by atoms with van der Waals surface area (Å²) < 4.78 is 5.64. The van der Waals surface area contributed by atoms with E-state index in [0.29, 0.717) is 6.01 Å². The molecule has 4 heteroatoms. The lowest BCUT2D eigenvalue weighted by Gasteiger charge is -2.24. The highest BCUT2D eigenvalue weighted by molar-refractivity contribution is 5.18. The molecule has 2 aliphatic rings. The highest BCUT2D eigenvalue weighted by Gasteiger charge is 2.20. The second-order valence-corrected chi connectivity index (χ2v) is 5.85. The van der Waals surface area contributed by atoms with E-state index in [1.54, 1.807) is 0 Å². The Kier molecular flexibility index (Phi) is 3.97. The first-order valence-electron chi connectivity index (χ1n) is 7.50. The van der Waals surface area contributed by atoms with Crippen molar-refractivity contribution >= 4 is 0 Å². The van der Waals surface area contributed by atoms with Gasteiger partial charge in [-0.15, -0.1) is 0 Å². The molecule has 2 aliphatic carbocycles. The number of ether oxygens (including phenoxy) is 1. The van der Waals surface area contributed by atoms with Crippen LogP contribution in [0.25, 0.3) is 0 Å². The van der Waals surface area contributed by atoms with E-state index >= 15 is 0 Å². The van der Waals surface area contributed by atoms with Crippen molar-refractivity contribution in [2.45, 2.75) is 58.0 Å². The van der Waals surface area contributed by atoms with Crippen LogP contribution in [0.1, 0.15) is 49.8 Å². The Labute approximate surface area is 115 Å². The number of aromatic nitrogens is 2. The van der Waals surface area contributed by atoms with Gasteiger partial charge >= 0.3 is 6.01 Å². The van der Waals surface area contributed by atoms with E-state index in [4.69, 9.17) is 4.74 Å². The molecule has 2 saturated carbocycles. The zero-order valence-electron chi connectivity index (χ0n) is 11.7. The summed E-state index contributed by atoms with van der Waals surface area (Å²) in [5.41, 5.74) is 2.21. The Bertz CT molecular complexity index is 427. The molecule has 1 heterocycles. The van der Waals surface area contributed by atoms with E-state index in [9.17, 15) is 0 Å². The molecule has 0 unspecified atom stereocenters. The molecule has 1 N–H and O–H groups in total. The van der Waals surface area contributed by atoms with Gasteiger partial charge < -0.3 is 10.1 Å². The average Bonchev–Trinajstić information content (AvgIpc) is 3.15. The van der Waals surface area contributed by atoms with Gasteiger partial charge in [0.25, 0.3) is 0 Å². The molecule has 0 spiro atoms. The molecule has 2 fully saturated rings. The topological polar surface area (TPSA) is 47.0 Å². The quantitative estimate of drug-likeness (QED) is 0.819. The van der Waals surface area contributed by atoms with Gasteiger partial charge in [0.1, 0.15) is 0 Å². The SMILES string of the molecule is Cc1nc(OCCC2CCC2)ncc1CNC1CC1. The zero-order chi connectivity index (χ0) is 13.1. The van der Waals surface area contributed by atoms with Crippen LogP contribution in [0.2, 0.25) is 0 Å². The third-order valence-electron chi connectivity index (χ3n) is 4.20. The minimum atomic E-state index is 0.534. The van der Waals surface area contributed by atoms with E-state index in [1.807, 2.05) is 13.1 Å². The van der Waals surface area contributed by atoms with Crippen LogP contribution in [0.15, 0.2) is 6.20 Å².